The Labute approximate surface area is 117 Å². The topological polar surface area (TPSA) is 55.2 Å². The van der Waals surface area contributed by atoms with Crippen molar-refractivity contribution in [1.82, 2.24) is 0 Å². The maximum atomic E-state index is 10.6. The molecule has 0 aliphatic heterocycles. The molecule has 0 amide bonds. The summed E-state index contributed by atoms with van der Waals surface area (Å²) in [5.74, 6) is 0. The van der Waals surface area contributed by atoms with Gasteiger partial charge in [0.15, 0.2) is 0 Å². The summed E-state index contributed by atoms with van der Waals surface area (Å²) in [6.07, 6.45) is 0. The average Bonchev–Trinajstić information content (AvgIpc) is 2.73. The summed E-state index contributed by atoms with van der Waals surface area (Å²) in [6.45, 7) is 2.78. The molecule has 1 N–H and O–H groups in total. The van der Waals surface area contributed by atoms with Gasteiger partial charge in [-0.05, 0) is 50.8 Å². The van der Waals surface area contributed by atoms with Gasteiger partial charge in [-0.1, -0.05) is 0 Å². The van der Waals surface area contributed by atoms with Crippen LogP contribution in [0.1, 0.15) is 11.1 Å². The molecule has 94 valence electrons. The normalized spacial score (nSPS) is 10.3. The molecule has 18 heavy (non-hydrogen) atoms. The highest BCUT2D eigenvalue weighted by atomic mass is 79.9. The molecule has 1 aromatic carbocycles. The quantitative estimate of drug-likeness (QED) is 0.671. The van der Waals surface area contributed by atoms with Crippen molar-refractivity contribution in [2.24, 2.45) is 0 Å². The zero-order chi connectivity index (χ0) is 13.1. The Morgan fingerprint density at radius 1 is 1.44 bits per heavy atom. The largest absolute Gasteiger partial charge is 0.380 e. The highest BCUT2D eigenvalue weighted by molar-refractivity contribution is 9.10. The van der Waals surface area contributed by atoms with Crippen molar-refractivity contribution < 1.29 is 4.92 Å². The second-order valence-electron chi connectivity index (χ2n) is 3.85. The smallest absolute Gasteiger partial charge is 0.270 e. The first kappa shape index (κ1) is 13.0. The van der Waals surface area contributed by atoms with E-state index in [0.29, 0.717) is 11.0 Å². The molecule has 0 aliphatic rings. The first-order valence-electron chi connectivity index (χ1n) is 5.27. The Hall–Kier alpha value is -1.40. The lowest BCUT2D eigenvalue weighted by molar-refractivity contribution is -0.384. The summed E-state index contributed by atoms with van der Waals surface area (Å²) >= 11 is 5.00. The number of hydrogen-bond acceptors (Lipinski definition) is 4. The number of thiophene rings is 1. The van der Waals surface area contributed by atoms with Crippen LogP contribution in [0.3, 0.4) is 0 Å². The molecule has 0 bridgehead atoms. The molecular weight excluding hydrogens is 316 g/mol. The second-order valence-corrected chi connectivity index (χ2v) is 5.45. The van der Waals surface area contributed by atoms with Gasteiger partial charge in [0.05, 0.1) is 4.92 Å². The third-order valence-corrected chi connectivity index (χ3v) is 4.16. The molecule has 4 nitrogen and oxygen atoms in total. The van der Waals surface area contributed by atoms with Gasteiger partial charge in [0.2, 0.25) is 0 Å². The second kappa shape index (κ2) is 5.49. The van der Waals surface area contributed by atoms with Crippen LogP contribution in [0.2, 0.25) is 0 Å². The van der Waals surface area contributed by atoms with E-state index in [9.17, 15) is 10.1 Å². The number of nitro groups is 1. The van der Waals surface area contributed by atoms with E-state index in [2.05, 4.69) is 38.9 Å². The SMILES string of the molecule is Cc1cscc1CNc1ccc([N+](=O)[O-])cc1Br. The van der Waals surface area contributed by atoms with Gasteiger partial charge >= 0.3 is 0 Å². The number of non-ortho nitro benzene ring substituents is 1. The summed E-state index contributed by atoms with van der Waals surface area (Å²) in [4.78, 5) is 10.2. The number of hydrogen-bond donors (Lipinski definition) is 1. The molecule has 1 aromatic heterocycles. The Morgan fingerprint density at radius 2 is 2.22 bits per heavy atom. The molecule has 0 fully saturated rings. The van der Waals surface area contributed by atoms with Gasteiger partial charge in [0, 0.05) is 28.8 Å². The zero-order valence-electron chi connectivity index (χ0n) is 9.64. The van der Waals surface area contributed by atoms with E-state index >= 15 is 0 Å². The van der Waals surface area contributed by atoms with E-state index < -0.39 is 4.92 Å². The first-order valence-corrected chi connectivity index (χ1v) is 7.01. The van der Waals surface area contributed by atoms with Gasteiger partial charge in [0.25, 0.3) is 5.69 Å². The Bertz CT molecular complexity index is 583. The molecular formula is C12H11BrN2O2S. The van der Waals surface area contributed by atoms with E-state index in [4.69, 9.17) is 0 Å². The lowest BCUT2D eigenvalue weighted by Crippen LogP contribution is -2.00. The maximum Gasteiger partial charge on any atom is 0.270 e. The molecule has 0 spiro atoms. The van der Waals surface area contributed by atoms with Crippen molar-refractivity contribution in [3.63, 3.8) is 0 Å². The Kier molecular flexibility index (Phi) is 3.98. The summed E-state index contributed by atoms with van der Waals surface area (Å²) < 4.78 is 0.699. The monoisotopic (exact) mass is 326 g/mol. The van der Waals surface area contributed by atoms with Gasteiger partial charge in [0.1, 0.15) is 0 Å². The third-order valence-electron chi connectivity index (χ3n) is 2.59. The lowest BCUT2D eigenvalue weighted by atomic mass is 10.2. The third kappa shape index (κ3) is 2.88. The van der Waals surface area contributed by atoms with Gasteiger partial charge in [-0.2, -0.15) is 11.3 Å². The van der Waals surface area contributed by atoms with Gasteiger partial charge < -0.3 is 5.32 Å². The minimum atomic E-state index is -0.405. The summed E-state index contributed by atoms with van der Waals surface area (Å²) in [5, 5.41) is 18.1. The molecule has 0 radical (unpaired) electrons. The van der Waals surface area contributed by atoms with Crippen LogP contribution in [0.15, 0.2) is 33.4 Å². The van der Waals surface area contributed by atoms with Crippen LogP contribution in [0.25, 0.3) is 0 Å². The minimum absolute atomic E-state index is 0.0825. The number of nitrogens with one attached hydrogen (secondary N) is 1. The zero-order valence-corrected chi connectivity index (χ0v) is 12.0. The van der Waals surface area contributed by atoms with E-state index in [1.807, 2.05) is 0 Å². The minimum Gasteiger partial charge on any atom is -0.380 e. The predicted octanol–water partition coefficient (Wildman–Crippen LogP) is 4.34. The van der Waals surface area contributed by atoms with E-state index in [0.717, 1.165) is 5.69 Å². The molecule has 0 unspecified atom stereocenters. The van der Waals surface area contributed by atoms with Crippen molar-refractivity contribution in [1.29, 1.82) is 0 Å². The standard InChI is InChI=1S/C12H11BrN2O2S/c1-8-6-18-7-9(8)5-14-12-3-2-10(15(16)17)4-11(12)13/h2-4,6-7,14H,5H2,1H3. The van der Waals surface area contributed by atoms with Gasteiger partial charge in [-0.3, -0.25) is 10.1 Å². The molecule has 0 aliphatic carbocycles. The molecule has 2 rings (SSSR count). The summed E-state index contributed by atoms with van der Waals surface area (Å²) in [5.41, 5.74) is 3.43. The van der Waals surface area contributed by atoms with Crippen LogP contribution in [0.5, 0.6) is 0 Å². The first-order chi connectivity index (χ1) is 8.58. The van der Waals surface area contributed by atoms with Crippen LogP contribution >= 0.6 is 27.3 Å². The number of halogens is 1. The number of benzene rings is 1. The highest BCUT2D eigenvalue weighted by Gasteiger charge is 2.09. The average molecular weight is 327 g/mol. The predicted molar refractivity (Wildman–Crippen MR) is 77.2 cm³/mol. The van der Waals surface area contributed by atoms with Crippen LogP contribution in [-0.2, 0) is 6.54 Å². The Balaban J connectivity index is 2.11. The fourth-order valence-electron chi connectivity index (χ4n) is 1.52. The highest BCUT2D eigenvalue weighted by Crippen LogP contribution is 2.27. The van der Waals surface area contributed by atoms with E-state index in [1.165, 1.54) is 23.3 Å². The van der Waals surface area contributed by atoms with Crippen LogP contribution in [0.4, 0.5) is 11.4 Å². The van der Waals surface area contributed by atoms with Crippen LogP contribution in [0, 0.1) is 17.0 Å². The van der Waals surface area contributed by atoms with Crippen LogP contribution in [-0.4, -0.2) is 4.92 Å². The molecule has 6 heteroatoms. The molecule has 0 saturated heterocycles. The molecule has 2 aromatic rings. The number of nitro benzene ring substituents is 1. The molecule has 0 saturated carbocycles. The van der Waals surface area contributed by atoms with Crippen molar-refractivity contribution in [3.05, 3.63) is 54.7 Å². The fourth-order valence-corrected chi connectivity index (χ4v) is 2.88. The van der Waals surface area contributed by atoms with E-state index in [-0.39, 0.29) is 5.69 Å². The summed E-state index contributed by atoms with van der Waals surface area (Å²) in [7, 11) is 0. The maximum absolute atomic E-state index is 10.6. The summed E-state index contributed by atoms with van der Waals surface area (Å²) in [6, 6.07) is 4.71. The number of nitrogens with zero attached hydrogens (tertiary/aromatic N) is 1. The Morgan fingerprint density at radius 3 is 2.78 bits per heavy atom. The van der Waals surface area contributed by atoms with Crippen molar-refractivity contribution >= 4 is 38.6 Å². The van der Waals surface area contributed by atoms with E-state index in [1.54, 1.807) is 17.4 Å². The molecule has 1 heterocycles. The van der Waals surface area contributed by atoms with Crippen LogP contribution < -0.4 is 5.32 Å². The van der Waals surface area contributed by atoms with Crippen molar-refractivity contribution in [3.8, 4) is 0 Å². The fraction of sp³-hybridized carbons (Fsp3) is 0.167. The molecule has 0 atom stereocenters. The number of rotatable bonds is 4. The number of anilines is 1. The van der Waals surface area contributed by atoms with Gasteiger partial charge in [-0.25, -0.2) is 0 Å². The lowest BCUT2D eigenvalue weighted by Gasteiger charge is -2.08. The number of aryl methyl sites for hydroxylation is 1. The van der Waals surface area contributed by atoms with Crippen molar-refractivity contribution in [2.75, 3.05) is 5.32 Å². The van der Waals surface area contributed by atoms with Crippen molar-refractivity contribution in [2.45, 2.75) is 13.5 Å². The van der Waals surface area contributed by atoms with Gasteiger partial charge in [-0.15, -0.1) is 0 Å².